The number of hydrogen-bond acceptors (Lipinski definition) is 13. The van der Waals surface area contributed by atoms with Gasteiger partial charge in [-0.05, 0) is 12.8 Å². The second-order valence-electron chi connectivity index (χ2n) is 8.65. The Labute approximate surface area is 214 Å². The average Bonchev–Trinajstić information content (AvgIpc) is 3.50. The van der Waals surface area contributed by atoms with Crippen LogP contribution >= 0.6 is 11.3 Å². The maximum atomic E-state index is 13.4. The van der Waals surface area contributed by atoms with Crippen LogP contribution in [-0.2, 0) is 38.1 Å². The van der Waals surface area contributed by atoms with Gasteiger partial charge in [0.1, 0.15) is 17.4 Å². The molecule has 1 amide bonds. The predicted octanol–water partition coefficient (Wildman–Crippen LogP) is 0.736. The highest BCUT2D eigenvalue weighted by molar-refractivity contribution is 7.17. The van der Waals surface area contributed by atoms with Gasteiger partial charge in [0.15, 0.2) is 29.9 Å². The summed E-state index contributed by atoms with van der Waals surface area (Å²) < 4.78 is 23.6. The van der Waals surface area contributed by atoms with Gasteiger partial charge in [-0.15, -0.1) is 0 Å². The van der Waals surface area contributed by atoms with E-state index in [0.717, 1.165) is 31.1 Å². The zero-order valence-corrected chi connectivity index (χ0v) is 21.5. The minimum atomic E-state index is -1.28. The minimum Gasteiger partial charge on any atom is -0.463 e. The Balaban J connectivity index is 1.86. The number of carbonyl (C=O) groups excluding carboxylic acids is 4. The maximum absolute atomic E-state index is 13.4. The lowest BCUT2D eigenvalue weighted by molar-refractivity contribution is -0.166. The first-order chi connectivity index (χ1) is 17.5. The molecule has 1 N–H and O–H groups in total. The smallest absolute Gasteiger partial charge is 0.311 e. The standard InChI is InChI=1S/C22H27N5O9S/c1-10(28)23-21-24-18(26-7-5-6-8-26)17-19(25-21)27(22(32)37-17)20-16(35-13(4)31)15(34-12(3)30)14(36-20)9-33-11(2)29/h14-16,20H,5-9H2,1-4H3,(H,23,24,25,28)/t14-,15-,16-,20-/m1/s1. The summed E-state index contributed by atoms with van der Waals surface area (Å²) in [6.07, 6.45) is -2.87. The number of carbonyl (C=O) groups is 4. The van der Waals surface area contributed by atoms with Crippen LogP contribution in [0.2, 0.25) is 0 Å². The number of aromatic nitrogens is 3. The lowest BCUT2D eigenvalue weighted by Gasteiger charge is -2.23. The van der Waals surface area contributed by atoms with Crippen molar-refractivity contribution < 1.29 is 38.1 Å². The van der Waals surface area contributed by atoms with Crippen molar-refractivity contribution in [3.05, 3.63) is 9.67 Å². The van der Waals surface area contributed by atoms with E-state index in [1.54, 1.807) is 0 Å². The third-order valence-electron chi connectivity index (χ3n) is 5.73. The molecule has 2 saturated heterocycles. The molecule has 4 atom stereocenters. The van der Waals surface area contributed by atoms with Gasteiger partial charge in [-0.1, -0.05) is 11.3 Å². The molecule has 0 saturated carbocycles. The van der Waals surface area contributed by atoms with Gasteiger partial charge >= 0.3 is 22.8 Å². The Morgan fingerprint density at radius 3 is 2.24 bits per heavy atom. The van der Waals surface area contributed by atoms with Crippen LogP contribution < -0.4 is 15.1 Å². The number of thiazole rings is 1. The summed E-state index contributed by atoms with van der Waals surface area (Å²) in [6.45, 7) is 5.96. The van der Waals surface area contributed by atoms with E-state index in [4.69, 9.17) is 18.9 Å². The van der Waals surface area contributed by atoms with Crippen LogP contribution in [0.25, 0.3) is 10.3 Å². The van der Waals surface area contributed by atoms with Gasteiger partial charge in [0, 0.05) is 40.8 Å². The Hall–Kier alpha value is -3.59. The predicted molar refractivity (Wildman–Crippen MR) is 129 cm³/mol. The van der Waals surface area contributed by atoms with Crippen LogP contribution in [-0.4, -0.2) is 76.4 Å². The van der Waals surface area contributed by atoms with Crippen molar-refractivity contribution in [2.24, 2.45) is 0 Å². The lowest BCUT2D eigenvalue weighted by Crippen LogP contribution is -2.41. The highest BCUT2D eigenvalue weighted by Crippen LogP contribution is 2.38. The van der Waals surface area contributed by atoms with Gasteiger partial charge in [-0.25, -0.2) is 0 Å². The number of amides is 1. The molecule has 2 fully saturated rings. The quantitative estimate of drug-likeness (QED) is 0.389. The summed E-state index contributed by atoms with van der Waals surface area (Å²) in [6, 6.07) is 0. The van der Waals surface area contributed by atoms with Crippen molar-refractivity contribution in [2.75, 3.05) is 29.9 Å². The van der Waals surface area contributed by atoms with E-state index in [1.807, 2.05) is 4.90 Å². The second kappa shape index (κ2) is 10.8. The van der Waals surface area contributed by atoms with E-state index in [0.29, 0.717) is 23.6 Å². The number of rotatable bonds is 7. The number of fused-ring (bicyclic) bond motifs is 1. The van der Waals surface area contributed by atoms with Crippen LogP contribution in [0.15, 0.2) is 4.79 Å². The summed E-state index contributed by atoms with van der Waals surface area (Å²) in [5.41, 5.74) is 0.146. The lowest BCUT2D eigenvalue weighted by atomic mass is 10.1. The van der Waals surface area contributed by atoms with Crippen molar-refractivity contribution in [3.63, 3.8) is 0 Å². The first kappa shape index (κ1) is 26.5. The SMILES string of the molecule is CC(=O)Nc1nc(N2CCCC2)c2sc(=O)n([C@@H]3O[C@H](COC(C)=O)[C@@H](OC(C)=O)[C@H]3OC(C)=O)c2n1. The highest BCUT2D eigenvalue weighted by atomic mass is 32.1. The Kier molecular flexibility index (Phi) is 7.73. The molecule has 4 heterocycles. The highest BCUT2D eigenvalue weighted by Gasteiger charge is 2.51. The van der Waals surface area contributed by atoms with Gasteiger partial charge < -0.3 is 23.8 Å². The zero-order valence-electron chi connectivity index (χ0n) is 20.7. The molecule has 2 aliphatic rings. The molecular formula is C22H27N5O9S. The number of nitrogens with one attached hydrogen (secondary N) is 1. The number of nitrogens with zero attached hydrogens (tertiary/aromatic N) is 4. The molecule has 0 spiro atoms. The van der Waals surface area contributed by atoms with Gasteiger partial charge in [-0.3, -0.25) is 33.9 Å². The Morgan fingerprint density at radius 1 is 1.00 bits per heavy atom. The van der Waals surface area contributed by atoms with E-state index in [2.05, 4.69) is 15.3 Å². The van der Waals surface area contributed by atoms with E-state index in [9.17, 15) is 24.0 Å². The van der Waals surface area contributed by atoms with Gasteiger partial charge in [0.2, 0.25) is 11.9 Å². The molecule has 37 heavy (non-hydrogen) atoms. The Morgan fingerprint density at radius 2 is 1.65 bits per heavy atom. The van der Waals surface area contributed by atoms with Gasteiger partial charge in [0.05, 0.1) is 0 Å². The van der Waals surface area contributed by atoms with Crippen LogP contribution in [0.1, 0.15) is 46.8 Å². The van der Waals surface area contributed by atoms with E-state index >= 15 is 0 Å². The molecule has 2 aromatic rings. The van der Waals surface area contributed by atoms with Crippen molar-refractivity contribution >= 4 is 57.3 Å². The number of esters is 3. The van der Waals surface area contributed by atoms with Crippen LogP contribution in [0.5, 0.6) is 0 Å². The zero-order chi connectivity index (χ0) is 26.9. The molecular weight excluding hydrogens is 510 g/mol. The topological polar surface area (TPSA) is 168 Å². The molecule has 0 unspecified atom stereocenters. The molecule has 4 rings (SSSR count). The monoisotopic (exact) mass is 537 g/mol. The molecule has 15 heteroatoms. The fourth-order valence-corrected chi connectivity index (χ4v) is 5.35. The fourth-order valence-electron chi connectivity index (χ4n) is 4.39. The van der Waals surface area contributed by atoms with Gasteiger partial charge in [0.25, 0.3) is 0 Å². The van der Waals surface area contributed by atoms with Crippen LogP contribution in [0.3, 0.4) is 0 Å². The summed E-state index contributed by atoms with van der Waals surface area (Å²) >= 11 is 0.877. The molecule has 0 radical (unpaired) electrons. The molecule has 0 bridgehead atoms. The van der Waals surface area contributed by atoms with Gasteiger partial charge in [-0.2, -0.15) is 9.97 Å². The normalized spacial score (nSPS) is 23.2. The molecule has 2 aliphatic heterocycles. The summed E-state index contributed by atoms with van der Waals surface area (Å²) in [4.78, 5) is 70.8. The molecule has 0 aromatic carbocycles. The van der Waals surface area contributed by atoms with E-state index in [-0.39, 0.29) is 18.2 Å². The van der Waals surface area contributed by atoms with Crippen LogP contribution in [0, 0.1) is 0 Å². The molecule has 200 valence electrons. The fraction of sp³-hybridized carbons (Fsp3) is 0.591. The summed E-state index contributed by atoms with van der Waals surface area (Å²) in [5.74, 6) is -1.91. The summed E-state index contributed by atoms with van der Waals surface area (Å²) in [7, 11) is 0. The first-order valence-corrected chi connectivity index (χ1v) is 12.5. The van der Waals surface area contributed by atoms with Crippen molar-refractivity contribution in [1.29, 1.82) is 0 Å². The number of hydrogen-bond donors (Lipinski definition) is 1. The first-order valence-electron chi connectivity index (χ1n) is 11.6. The molecule has 0 aliphatic carbocycles. The largest absolute Gasteiger partial charge is 0.463 e. The number of anilines is 2. The maximum Gasteiger partial charge on any atom is 0.311 e. The van der Waals surface area contributed by atoms with E-state index < -0.39 is 53.2 Å². The number of ether oxygens (including phenoxy) is 4. The third-order valence-corrected chi connectivity index (χ3v) is 6.67. The minimum absolute atomic E-state index is 0.0107. The van der Waals surface area contributed by atoms with Crippen molar-refractivity contribution in [2.45, 2.75) is 65.1 Å². The average molecular weight is 538 g/mol. The van der Waals surface area contributed by atoms with Crippen LogP contribution in [0.4, 0.5) is 11.8 Å². The van der Waals surface area contributed by atoms with Crippen molar-refractivity contribution in [1.82, 2.24) is 14.5 Å². The van der Waals surface area contributed by atoms with Crippen molar-refractivity contribution in [3.8, 4) is 0 Å². The third kappa shape index (κ3) is 5.72. The molecule has 2 aromatic heterocycles. The second-order valence-corrected chi connectivity index (χ2v) is 9.61. The molecule has 14 nitrogen and oxygen atoms in total. The Bertz CT molecular complexity index is 1290. The van der Waals surface area contributed by atoms with E-state index in [1.165, 1.54) is 25.3 Å². The summed E-state index contributed by atoms with van der Waals surface area (Å²) in [5, 5.41) is 2.56.